The number of hydrogen-bond donors (Lipinski definition) is 3. The second-order valence-electron chi connectivity index (χ2n) is 7.19. The number of pyridine rings is 2. The number of carbonyl (C=O) groups is 3. The predicted octanol–water partition coefficient (Wildman–Crippen LogP) is 2.31. The summed E-state index contributed by atoms with van der Waals surface area (Å²) in [5.41, 5.74) is 13.5. The van der Waals surface area contributed by atoms with Gasteiger partial charge in [-0.3, -0.25) is 14.6 Å². The van der Waals surface area contributed by atoms with Gasteiger partial charge in [-0.25, -0.2) is 9.97 Å². The van der Waals surface area contributed by atoms with Gasteiger partial charge in [0.2, 0.25) is 5.91 Å². The molecular weight excluding hydrogens is 466 g/mol. The first kappa shape index (κ1) is 29.5. The van der Waals surface area contributed by atoms with E-state index in [2.05, 4.69) is 26.8 Å². The van der Waals surface area contributed by atoms with Gasteiger partial charge in [-0.1, -0.05) is 17.4 Å². The number of hydrogen-bond acceptors (Lipinski definition) is 10. The molecule has 10 nitrogen and oxygen atoms in total. The number of carbonyl (C=O) groups excluding carboxylic acids is 3. The van der Waals surface area contributed by atoms with Crippen molar-refractivity contribution in [2.75, 3.05) is 39.0 Å². The Hall–Kier alpha value is -3.54. The molecule has 4 rings (SSSR count). The minimum atomic E-state index is 0.334. The molecule has 0 radical (unpaired) electrons. The van der Waals surface area contributed by atoms with E-state index in [1.807, 2.05) is 24.8 Å². The summed E-state index contributed by atoms with van der Waals surface area (Å²) in [5.74, 6) is 0.334. The Labute approximate surface area is 209 Å². The normalized spacial score (nSPS) is 11.9. The number of thiazole rings is 1. The molecule has 5 N–H and O–H groups in total. The number of rotatable bonds is 7. The lowest BCUT2D eigenvalue weighted by Crippen LogP contribution is -2.27. The highest BCUT2D eigenvalue weighted by atomic mass is 32.1. The van der Waals surface area contributed by atoms with E-state index in [1.165, 1.54) is 17.5 Å². The lowest BCUT2D eigenvalue weighted by molar-refractivity contribution is -0.127. The molecule has 1 aliphatic rings. The highest BCUT2D eigenvalue weighted by molar-refractivity contribution is 7.21. The van der Waals surface area contributed by atoms with Crippen LogP contribution in [0.15, 0.2) is 43.4 Å². The van der Waals surface area contributed by atoms with Crippen molar-refractivity contribution in [3.05, 3.63) is 48.9 Å². The van der Waals surface area contributed by atoms with Crippen LogP contribution in [0, 0.1) is 0 Å². The van der Waals surface area contributed by atoms with Crippen LogP contribution in [-0.4, -0.2) is 72.1 Å². The first-order valence-corrected chi connectivity index (χ1v) is 11.8. The molecule has 3 aromatic heterocycles. The van der Waals surface area contributed by atoms with Crippen molar-refractivity contribution in [2.24, 2.45) is 5.73 Å². The molecular formula is C24H33N7O3S. The molecule has 0 saturated carbocycles. The fraction of sp³-hybridized carbons (Fsp3) is 0.333. The minimum absolute atomic E-state index is 0.334. The largest absolute Gasteiger partial charge is 0.375 e. The average molecular weight is 500 g/mol. The van der Waals surface area contributed by atoms with E-state index in [0.29, 0.717) is 23.1 Å². The van der Waals surface area contributed by atoms with Gasteiger partial charge < -0.3 is 26.5 Å². The summed E-state index contributed by atoms with van der Waals surface area (Å²) >= 11 is 1.35. The number of likely N-dealkylation sites (tertiary alicyclic amines) is 1. The number of fused-ring (bicyclic) bond motifs is 1. The number of nitrogens with two attached hydrogens (primary N) is 2. The van der Waals surface area contributed by atoms with Gasteiger partial charge in [0.05, 0.1) is 0 Å². The first-order chi connectivity index (χ1) is 17.0. The number of nitrogens with one attached hydrogen (secondary N) is 1. The second kappa shape index (κ2) is 17.0. The molecule has 0 aliphatic carbocycles. The van der Waals surface area contributed by atoms with E-state index in [1.54, 1.807) is 24.5 Å². The Morgan fingerprint density at radius 3 is 2.54 bits per heavy atom. The van der Waals surface area contributed by atoms with Crippen LogP contribution in [0.4, 0.5) is 5.13 Å². The summed E-state index contributed by atoms with van der Waals surface area (Å²) in [5, 5.41) is 3.56. The van der Waals surface area contributed by atoms with E-state index >= 15 is 0 Å². The Kier molecular flexibility index (Phi) is 14.3. The smallest absolute Gasteiger partial charge is 0.222 e. The summed E-state index contributed by atoms with van der Waals surface area (Å²) in [6.45, 7) is 8.85. The van der Waals surface area contributed by atoms with Crippen LogP contribution < -0.4 is 16.8 Å². The molecule has 0 unspecified atom stereocenters. The van der Waals surface area contributed by atoms with Crippen LogP contribution in [0.5, 0.6) is 0 Å². The third-order valence-electron chi connectivity index (χ3n) is 4.69. The van der Waals surface area contributed by atoms with Gasteiger partial charge in [0.15, 0.2) is 11.4 Å². The number of amides is 1. The summed E-state index contributed by atoms with van der Waals surface area (Å²) in [6, 6.07) is 3.65. The number of anilines is 1. The molecule has 11 heteroatoms. The molecule has 35 heavy (non-hydrogen) atoms. The Bertz CT molecular complexity index is 1070. The van der Waals surface area contributed by atoms with Crippen LogP contribution in [0.3, 0.4) is 0 Å². The number of aldehydes is 1. The van der Waals surface area contributed by atoms with Crippen molar-refractivity contribution in [2.45, 2.75) is 19.3 Å². The summed E-state index contributed by atoms with van der Waals surface area (Å²) in [7, 11) is 1.94. The standard InChI is InChI=1S/C12H8N4OS.C8H16N2O.C3H7N.CH2O/c13-12-16-10-2-9(5-15-11(10)18-12)8-1-7(6-17)3-14-4-8;1-9-5-3-7-10-6-2-4-8(10)11;1-2-3-4;1-2/h1-6H,(H2,13,16);9H,2-7H2,1H3;2H,1,3-4H2;1H2. The fourth-order valence-corrected chi connectivity index (χ4v) is 3.72. The van der Waals surface area contributed by atoms with Gasteiger partial charge in [-0.15, -0.1) is 6.58 Å². The maximum Gasteiger partial charge on any atom is 0.222 e. The van der Waals surface area contributed by atoms with Gasteiger partial charge in [-0.05, 0) is 38.6 Å². The third-order valence-corrected chi connectivity index (χ3v) is 5.49. The van der Waals surface area contributed by atoms with Gasteiger partial charge in [0, 0.05) is 61.3 Å². The van der Waals surface area contributed by atoms with Gasteiger partial charge in [0.25, 0.3) is 0 Å². The Morgan fingerprint density at radius 2 is 1.94 bits per heavy atom. The van der Waals surface area contributed by atoms with Crippen LogP contribution >= 0.6 is 11.3 Å². The quantitative estimate of drug-likeness (QED) is 0.252. The molecule has 4 heterocycles. The van der Waals surface area contributed by atoms with Crippen LogP contribution in [0.1, 0.15) is 29.6 Å². The highest BCUT2D eigenvalue weighted by Gasteiger charge is 2.18. The Morgan fingerprint density at radius 1 is 1.23 bits per heavy atom. The lowest BCUT2D eigenvalue weighted by Gasteiger charge is -2.14. The minimum Gasteiger partial charge on any atom is -0.375 e. The number of nitrogen functional groups attached to an aromatic ring is 1. The van der Waals surface area contributed by atoms with Crippen LogP contribution in [0.2, 0.25) is 0 Å². The van der Waals surface area contributed by atoms with Gasteiger partial charge >= 0.3 is 0 Å². The number of aromatic nitrogens is 3. The zero-order chi connectivity index (χ0) is 26.1. The van der Waals surface area contributed by atoms with Crippen molar-refractivity contribution in [3.63, 3.8) is 0 Å². The van der Waals surface area contributed by atoms with Crippen molar-refractivity contribution in [1.29, 1.82) is 0 Å². The summed E-state index contributed by atoms with van der Waals surface area (Å²) < 4.78 is 0. The maximum absolute atomic E-state index is 11.1. The third kappa shape index (κ3) is 10.1. The molecule has 0 spiro atoms. The van der Waals surface area contributed by atoms with E-state index < -0.39 is 0 Å². The summed E-state index contributed by atoms with van der Waals surface area (Å²) in [4.78, 5) is 45.0. The summed E-state index contributed by atoms with van der Waals surface area (Å²) in [6.07, 6.45) is 10.2. The van der Waals surface area contributed by atoms with Crippen molar-refractivity contribution >= 4 is 45.8 Å². The molecule has 0 atom stereocenters. The second-order valence-corrected chi connectivity index (χ2v) is 8.20. The Balaban J connectivity index is 0.000000308. The van der Waals surface area contributed by atoms with Crippen molar-refractivity contribution in [1.82, 2.24) is 25.2 Å². The monoisotopic (exact) mass is 499 g/mol. The fourth-order valence-electron chi connectivity index (χ4n) is 3.06. The lowest BCUT2D eigenvalue weighted by atomic mass is 10.1. The SMILES string of the molecule is C=CCN.C=O.CNCCCN1CCCC1=O.Nc1nc2cc(-c3cncc(C=O)c3)cnc2s1. The van der Waals surface area contributed by atoms with Crippen molar-refractivity contribution < 1.29 is 14.4 Å². The maximum atomic E-state index is 11.1. The molecule has 1 saturated heterocycles. The zero-order valence-electron chi connectivity index (χ0n) is 20.0. The topological polar surface area (TPSA) is 157 Å². The van der Waals surface area contributed by atoms with E-state index in [0.717, 1.165) is 66.7 Å². The van der Waals surface area contributed by atoms with E-state index in [9.17, 15) is 9.59 Å². The average Bonchev–Trinajstić information content (AvgIpc) is 3.49. The molecule has 0 bridgehead atoms. The predicted molar refractivity (Wildman–Crippen MR) is 141 cm³/mol. The van der Waals surface area contributed by atoms with Crippen molar-refractivity contribution in [3.8, 4) is 11.1 Å². The molecule has 1 aliphatic heterocycles. The van der Waals surface area contributed by atoms with E-state index in [-0.39, 0.29) is 0 Å². The first-order valence-electron chi connectivity index (χ1n) is 11.0. The number of nitrogens with zero attached hydrogens (tertiary/aromatic N) is 4. The van der Waals surface area contributed by atoms with Crippen LogP contribution in [0.25, 0.3) is 21.5 Å². The highest BCUT2D eigenvalue weighted by Crippen LogP contribution is 2.26. The molecule has 188 valence electrons. The van der Waals surface area contributed by atoms with Gasteiger partial charge in [-0.2, -0.15) is 0 Å². The van der Waals surface area contributed by atoms with Crippen LogP contribution in [-0.2, 0) is 9.59 Å². The van der Waals surface area contributed by atoms with E-state index in [4.69, 9.17) is 16.3 Å². The molecule has 1 fully saturated rings. The molecule has 1 amide bonds. The van der Waals surface area contributed by atoms with Gasteiger partial charge in [0.1, 0.15) is 17.1 Å². The molecule has 3 aromatic rings. The zero-order valence-corrected chi connectivity index (χ0v) is 20.8. The molecule has 0 aromatic carbocycles.